The fourth-order valence-corrected chi connectivity index (χ4v) is 5.56. The standard InChI is InChI=1S/C27H31N5O3S/c1-5-12-18(2)31-25(34)22(17-23(33)28-20-13-8-6-9-14-20)36-27(31)29-24-19(3)30(4)32(26(24)35)21-15-10-7-11-16-21/h6-11,13-16,18,22H,5,12,17H2,1-4H3,(H,28,33). The molecule has 1 aliphatic heterocycles. The van der Waals surface area contributed by atoms with Crippen molar-refractivity contribution < 1.29 is 9.59 Å². The molecule has 2 aromatic carbocycles. The number of nitrogens with zero attached hydrogens (tertiary/aromatic N) is 4. The van der Waals surface area contributed by atoms with Crippen molar-refractivity contribution in [2.75, 3.05) is 5.32 Å². The molecule has 1 aliphatic rings. The molecule has 2 heterocycles. The highest BCUT2D eigenvalue weighted by Crippen LogP contribution is 2.34. The van der Waals surface area contributed by atoms with Gasteiger partial charge in [0.15, 0.2) is 10.9 Å². The first-order valence-electron chi connectivity index (χ1n) is 12.1. The van der Waals surface area contributed by atoms with Crippen LogP contribution < -0.4 is 10.9 Å². The molecule has 9 heteroatoms. The Morgan fingerprint density at radius 1 is 1.08 bits per heavy atom. The average molecular weight is 506 g/mol. The Morgan fingerprint density at radius 2 is 1.72 bits per heavy atom. The van der Waals surface area contributed by atoms with Gasteiger partial charge >= 0.3 is 0 Å². The third-order valence-electron chi connectivity index (χ3n) is 6.27. The van der Waals surface area contributed by atoms with E-state index >= 15 is 0 Å². The summed E-state index contributed by atoms with van der Waals surface area (Å²) in [5.74, 6) is -0.390. The van der Waals surface area contributed by atoms with E-state index in [4.69, 9.17) is 4.99 Å². The van der Waals surface area contributed by atoms with Gasteiger partial charge < -0.3 is 5.32 Å². The highest BCUT2D eigenvalue weighted by atomic mass is 32.2. The number of nitrogens with one attached hydrogen (secondary N) is 1. The number of benzene rings is 2. The number of para-hydroxylation sites is 2. The van der Waals surface area contributed by atoms with E-state index < -0.39 is 5.25 Å². The van der Waals surface area contributed by atoms with E-state index in [1.54, 1.807) is 26.4 Å². The average Bonchev–Trinajstić information content (AvgIpc) is 3.28. The number of thioether (sulfide) groups is 1. The molecule has 4 rings (SSSR count). The number of carbonyl (C=O) groups excluding carboxylic acids is 2. The van der Waals surface area contributed by atoms with Gasteiger partial charge in [0.1, 0.15) is 5.25 Å². The highest BCUT2D eigenvalue weighted by Gasteiger charge is 2.41. The summed E-state index contributed by atoms with van der Waals surface area (Å²) >= 11 is 1.25. The van der Waals surface area contributed by atoms with Crippen molar-refractivity contribution in [2.24, 2.45) is 12.0 Å². The largest absolute Gasteiger partial charge is 0.326 e. The third kappa shape index (κ3) is 5.16. The monoisotopic (exact) mass is 505 g/mol. The molecule has 36 heavy (non-hydrogen) atoms. The van der Waals surface area contributed by atoms with Crippen LogP contribution in [0.5, 0.6) is 0 Å². The van der Waals surface area contributed by atoms with Gasteiger partial charge in [0, 0.05) is 25.2 Å². The number of aromatic nitrogens is 2. The van der Waals surface area contributed by atoms with E-state index in [0.29, 0.717) is 22.2 Å². The van der Waals surface area contributed by atoms with E-state index in [2.05, 4.69) is 12.2 Å². The second-order valence-electron chi connectivity index (χ2n) is 8.88. The van der Waals surface area contributed by atoms with Crippen molar-refractivity contribution in [1.29, 1.82) is 0 Å². The van der Waals surface area contributed by atoms with Crippen LogP contribution in [0.15, 0.2) is 70.5 Å². The maximum absolute atomic E-state index is 13.4. The Balaban J connectivity index is 1.66. The van der Waals surface area contributed by atoms with Crippen LogP contribution in [-0.4, -0.2) is 42.5 Å². The number of aliphatic imine (C=N–C) groups is 1. The van der Waals surface area contributed by atoms with Gasteiger partial charge in [-0.1, -0.05) is 61.5 Å². The molecule has 2 atom stereocenters. The van der Waals surface area contributed by atoms with Crippen LogP contribution in [0.1, 0.15) is 38.8 Å². The molecule has 3 aromatic rings. The zero-order chi connectivity index (χ0) is 25.8. The van der Waals surface area contributed by atoms with Crippen LogP contribution in [0.4, 0.5) is 11.4 Å². The number of hydrogen-bond donors (Lipinski definition) is 1. The Kier molecular flexibility index (Phi) is 7.79. The summed E-state index contributed by atoms with van der Waals surface area (Å²) in [5, 5.41) is 2.71. The summed E-state index contributed by atoms with van der Waals surface area (Å²) < 4.78 is 3.34. The zero-order valence-electron chi connectivity index (χ0n) is 21.0. The predicted octanol–water partition coefficient (Wildman–Crippen LogP) is 4.63. The second-order valence-corrected chi connectivity index (χ2v) is 10.0. The molecule has 0 bridgehead atoms. The lowest BCUT2D eigenvalue weighted by atomic mass is 10.1. The summed E-state index contributed by atoms with van der Waals surface area (Å²) in [6.45, 7) is 5.88. The molecular formula is C27H31N5O3S. The van der Waals surface area contributed by atoms with E-state index in [1.165, 1.54) is 11.8 Å². The van der Waals surface area contributed by atoms with Gasteiger partial charge in [-0.05, 0) is 44.5 Å². The Bertz CT molecular complexity index is 1330. The van der Waals surface area contributed by atoms with E-state index in [-0.39, 0.29) is 29.8 Å². The van der Waals surface area contributed by atoms with Crippen LogP contribution in [0.2, 0.25) is 0 Å². The lowest BCUT2D eigenvalue weighted by molar-refractivity contribution is -0.129. The van der Waals surface area contributed by atoms with Gasteiger partial charge in [-0.2, -0.15) is 0 Å². The first kappa shape index (κ1) is 25.5. The number of amidine groups is 1. The molecule has 2 amide bonds. The van der Waals surface area contributed by atoms with Crippen LogP contribution in [-0.2, 0) is 16.6 Å². The summed E-state index contributed by atoms with van der Waals surface area (Å²) in [6.07, 6.45) is 1.71. The number of carbonyl (C=O) groups is 2. The minimum absolute atomic E-state index is 0.0226. The molecule has 8 nitrogen and oxygen atoms in total. The Labute approximate surface area is 215 Å². The van der Waals surface area contributed by atoms with Crippen LogP contribution >= 0.6 is 11.8 Å². The molecule has 1 aromatic heterocycles. The van der Waals surface area contributed by atoms with Crippen LogP contribution in [0.3, 0.4) is 0 Å². The molecule has 0 spiro atoms. The molecule has 0 aliphatic carbocycles. The molecule has 1 fully saturated rings. The van der Waals surface area contributed by atoms with Crippen LogP contribution in [0, 0.1) is 6.92 Å². The smallest absolute Gasteiger partial charge is 0.297 e. The van der Waals surface area contributed by atoms with Gasteiger partial charge in [-0.15, -0.1) is 0 Å². The molecule has 1 saturated heterocycles. The van der Waals surface area contributed by atoms with Gasteiger partial charge in [-0.3, -0.25) is 24.0 Å². The summed E-state index contributed by atoms with van der Waals surface area (Å²) in [4.78, 5) is 45.9. The normalized spacial score (nSPS) is 17.6. The molecule has 1 N–H and O–H groups in total. The number of hydrogen-bond acceptors (Lipinski definition) is 5. The van der Waals surface area contributed by atoms with Crippen molar-refractivity contribution >= 4 is 40.1 Å². The lowest BCUT2D eigenvalue weighted by Crippen LogP contribution is -2.40. The quantitative estimate of drug-likeness (QED) is 0.483. The zero-order valence-corrected chi connectivity index (χ0v) is 21.8. The highest BCUT2D eigenvalue weighted by molar-refractivity contribution is 8.15. The van der Waals surface area contributed by atoms with E-state index in [1.807, 2.05) is 69.4 Å². The maximum Gasteiger partial charge on any atom is 0.297 e. The number of amides is 2. The van der Waals surface area contributed by atoms with Crippen molar-refractivity contribution in [1.82, 2.24) is 14.3 Å². The number of anilines is 1. The van der Waals surface area contributed by atoms with Gasteiger partial charge in [0.2, 0.25) is 11.8 Å². The van der Waals surface area contributed by atoms with Gasteiger partial charge in [0.05, 0.1) is 11.4 Å². The summed E-state index contributed by atoms with van der Waals surface area (Å²) in [7, 11) is 1.81. The maximum atomic E-state index is 13.4. The minimum Gasteiger partial charge on any atom is -0.326 e. The van der Waals surface area contributed by atoms with Crippen molar-refractivity contribution in [2.45, 2.75) is 51.3 Å². The fourth-order valence-electron chi connectivity index (χ4n) is 4.33. The molecule has 188 valence electrons. The first-order chi connectivity index (χ1) is 17.3. The van der Waals surface area contributed by atoms with Crippen molar-refractivity contribution in [3.63, 3.8) is 0 Å². The van der Waals surface area contributed by atoms with Crippen molar-refractivity contribution in [3.8, 4) is 5.69 Å². The topological polar surface area (TPSA) is 88.7 Å². The lowest BCUT2D eigenvalue weighted by Gasteiger charge is -2.24. The van der Waals surface area contributed by atoms with Crippen LogP contribution in [0.25, 0.3) is 5.69 Å². The molecule has 2 unspecified atom stereocenters. The number of rotatable bonds is 8. The van der Waals surface area contributed by atoms with E-state index in [0.717, 1.165) is 18.5 Å². The second kappa shape index (κ2) is 11.0. The molecule has 0 saturated carbocycles. The van der Waals surface area contributed by atoms with Crippen molar-refractivity contribution in [3.05, 3.63) is 76.7 Å². The van der Waals surface area contributed by atoms with E-state index in [9.17, 15) is 14.4 Å². The minimum atomic E-state index is -0.605. The predicted molar refractivity (Wildman–Crippen MR) is 145 cm³/mol. The summed E-state index contributed by atoms with van der Waals surface area (Å²) in [6, 6.07) is 18.4. The molecule has 0 radical (unpaired) electrons. The third-order valence-corrected chi connectivity index (χ3v) is 7.43. The Hall–Kier alpha value is -3.59. The fraction of sp³-hybridized carbons (Fsp3) is 0.333. The first-order valence-corrected chi connectivity index (χ1v) is 13.0. The Morgan fingerprint density at radius 3 is 2.36 bits per heavy atom. The van der Waals surface area contributed by atoms with Gasteiger partial charge in [-0.25, -0.2) is 9.67 Å². The SMILES string of the molecule is CCCC(C)N1C(=O)C(CC(=O)Nc2ccccc2)SC1=Nc1c(C)n(C)n(-c2ccccc2)c1=O. The summed E-state index contributed by atoms with van der Waals surface area (Å²) in [5.41, 5.74) is 2.15. The van der Waals surface area contributed by atoms with Gasteiger partial charge in [0.25, 0.3) is 5.56 Å². The molecular weight excluding hydrogens is 474 g/mol.